The largest absolute Gasteiger partial charge is 0.459 e. The molecule has 1 atom stereocenters. The van der Waals surface area contributed by atoms with Crippen molar-refractivity contribution in [2.45, 2.75) is 51.2 Å². The second-order valence-electron chi connectivity index (χ2n) is 8.97. The summed E-state index contributed by atoms with van der Waals surface area (Å²) in [6, 6.07) is 19.6. The number of aryl methyl sites for hydroxylation is 1. The van der Waals surface area contributed by atoms with E-state index in [0.717, 1.165) is 42.4 Å². The molecule has 1 aliphatic rings. The second kappa shape index (κ2) is 11.5. The average molecular weight is 474 g/mol. The highest BCUT2D eigenvalue weighted by Gasteiger charge is 2.33. The van der Waals surface area contributed by atoms with Gasteiger partial charge in [-0.05, 0) is 43.0 Å². The third-order valence-corrected chi connectivity index (χ3v) is 6.32. The van der Waals surface area contributed by atoms with Crippen LogP contribution >= 0.6 is 0 Å². The van der Waals surface area contributed by atoms with Crippen molar-refractivity contribution in [1.82, 2.24) is 15.5 Å². The highest BCUT2D eigenvalue weighted by Crippen LogP contribution is 2.26. The number of carbonyl (C=O) groups is 3. The summed E-state index contributed by atoms with van der Waals surface area (Å²) in [6.07, 6.45) is 5.47. The molecule has 0 saturated heterocycles. The molecule has 1 saturated carbocycles. The lowest BCUT2D eigenvalue weighted by Crippen LogP contribution is -2.48. The van der Waals surface area contributed by atoms with Crippen molar-refractivity contribution in [3.63, 3.8) is 0 Å². The molecule has 3 amide bonds. The summed E-state index contributed by atoms with van der Waals surface area (Å²) in [6.45, 7) is 1.95. The number of hydrogen-bond acceptors (Lipinski definition) is 4. The summed E-state index contributed by atoms with van der Waals surface area (Å²) in [5.74, 6) is -0.921. The van der Waals surface area contributed by atoms with Crippen LogP contribution in [0.15, 0.2) is 77.4 Å². The topological polar surface area (TPSA) is 91.7 Å². The summed E-state index contributed by atoms with van der Waals surface area (Å²) >= 11 is 0. The molecule has 0 bridgehead atoms. The number of nitrogens with zero attached hydrogens (tertiary/aromatic N) is 1. The van der Waals surface area contributed by atoms with Gasteiger partial charge in [0, 0.05) is 12.6 Å². The van der Waals surface area contributed by atoms with E-state index in [2.05, 4.69) is 10.6 Å². The number of amides is 3. The molecule has 1 unspecified atom stereocenters. The third-order valence-electron chi connectivity index (χ3n) is 6.32. The molecule has 1 aromatic heterocycles. The normalized spacial score (nSPS) is 14.3. The van der Waals surface area contributed by atoms with Gasteiger partial charge in [0.25, 0.3) is 5.91 Å². The maximum atomic E-state index is 13.6. The Balaban J connectivity index is 1.62. The van der Waals surface area contributed by atoms with E-state index in [1.165, 1.54) is 12.3 Å². The van der Waals surface area contributed by atoms with Crippen molar-refractivity contribution < 1.29 is 18.8 Å². The lowest BCUT2D eigenvalue weighted by molar-refractivity contribution is -0.141. The summed E-state index contributed by atoms with van der Waals surface area (Å²) < 4.78 is 5.12. The van der Waals surface area contributed by atoms with Gasteiger partial charge in [-0.15, -0.1) is 0 Å². The van der Waals surface area contributed by atoms with Crippen molar-refractivity contribution >= 4 is 17.7 Å². The predicted octanol–water partition coefficient (Wildman–Crippen LogP) is 4.15. The first-order chi connectivity index (χ1) is 17.0. The fourth-order valence-corrected chi connectivity index (χ4v) is 4.43. The molecular formula is C28H31N3O4. The molecule has 2 aromatic carbocycles. The summed E-state index contributed by atoms with van der Waals surface area (Å²) in [5.41, 5.74) is 2.69. The van der Waals surface area contributed by atoms with Crippen LogP contribution in [-0.4, -0.2) is 35.2 Å². The van der Waals surface area contributed by atoms with Crippen LogP contribution in [0.5, 0.6) is 0 Å². The van der Waals surface area contributed by atoms with Gasteiger partial charge < -0.3 is 20.0 Å². The fourth-order valence-electron chi connectivity index (χ4n) is 4.43. The van der Waals surface area contributed by atoms with E-state index in [9.17, 15) is 14.4 Å². The summed E-state index contributed by atoms with van der Waals surface area (Å²) in [5, 5.41) is 5.79. The van der Waals surface area contributed by atoms with Crippen LogP contribution in [0.25, 0.3) is 0 Å². The van der Waals surface area contributed by atoms with Gasteiger partial charge in [-0.25, -0.2) is 0 Å². The predicted molar refractivity (Wildman–Crippen MR) is 132 cm³/mol. The van der Waals surface area contributed by atoms with Crippen LogP contribution in [0.3, 0.4) is 0 Å². The standard InChI is InChI=1S/C28H31N3O4/c1-20-13-15-22(16-14-20)26(28(34)30-23-10-5-6-11-23)31(19-21-8-3-2-4-9-21)25(32)18-29-27(33)24-12-7-17-35-24/h2-4,7-9,12-17,23,26H,5-6,10-11,18-19H2,1H3,(H,29,33)(H,30,34). The van der Waals surface area contributed by atoms with E-state index < -0.39 is 11.9 Å². The Labute approximate surface area is 205 Å². The Morgan fingerprint density at radius 3 is 2.34 bits per heavy atom. The Hall–Kier alpha value is -3.87. The van der Waals surface area contributed by atoms with Crippen LogP contribution in [0, 0.1) is 6.92 Å². The zero-order valence-electron chi connectivity index (χ0n) is 19.9. The Bertz CT molecular complexity index is 1120. The Morgan fingerprint density at radius 2 is 1.69 bits per heavy atom. The highest BCUT2D eigenvalue weighted by atomic mass is 16.3. The van der Waals surface area contributed by atoms with Gasteiger partial charge in [0.1, 0.15) is 6.04 Å². The van der Waals surface area contributed by atoms with Crippen molar-refractivity contribution in [3.8, 4) is 0 Å². The Kier molecular flexibility index (Phi) is 7.98. The first kappa shape index (κ1) is 24.3. The lowest BCUT2D eigenvalue weighted by atomic mass is 10.0. The van der Waals surface area contributed by atoms with E-state index in [1.807, 2.05) is 61.5 Å². The van der Waals surface area contributed by atoms with E-state index in [-0.39, 0.29) is 36.7 Å². The van der Waals surface area contributed by atoms with Gasteiger partial charge in [0.15, 0.2) is 5.76 Å². The maximum absolute atomic E-state index is 13.6. The van der Waals surface area contributed by atoms with Crippen molar-refractivity contribution in [2.75, 3.05) is 6.54 Å². The molecule has 1 heterocycles. The number of carbonyl (C=O) groups excluding carboxylic acids is 3. The second-order valence-corrected chi connectivity index (χ2v) is 8.97. The molecule has 7 nitrogen and oxygen atoms in total. The lowest BCUT2D eigenvalue weighted by Gasteiger charge is -2.32. The molecule has 3 aromatic rings. The average Bonchev–Trinajstić information content (AvgIpc) is 3.58. The SMILES string of the molecule is Cc1ccc(C(C(=O)NC2CCCC2)N(Cc2ccccc2)C(=O)CNC(=O)c2ccco2)cc1. The van der Waals surface area contributed by atoms with E-state index in [1.54, 1.807) is 11.0 Å². The van der Waals surface area contributed by atoms with Gasteiger partial charge >= 0.3 is 0 Å². The minimum Gasteiger partial charge on any atom is -0.459 e. The fraction of sp³-hybridized carbons (Fsp3) is 0.321. The van der Waals surface area contributed by atoms with Gasteiger partial charge in [-0.2, -0.15) is 0 Å². The molecule has 35 heavy (non-hydrogen) atoms. The molecule has 7 heteroatoms. The van der Waals surface area contributed by atoms with Crippen LogP contribution < -0.4 is 10.6 Å². The molecule has 4 rings (SSSR count). The molecule has 0 radical (unpaired) electrons. The molecule has 182 valence electrons. The first-order valence-electron chi connectivity index (χ1n) is 12.0. The summed E-state index contributed by atoms with van der Waals surface area (Å²) in [4.78, 5) is 41.1. The number of hydrogen-bond donors (Lipinski definition) is 2. The molecule has 2 N–H and O–H groups in total. The zero-order chi connectivity index (χ0) is 24.6. The quantitative estimate of drug-likeness (QED) is 0.489. The number of nitrogens with one attached hydrogen (secondary N) is 2. The van der Waals surface area contributed by atoms with E-state index in [0.29, 0.717) is 0 Å². The third kappa shape index (κ3) is 6.38. The zero-order valence-corrected chi connectivity index (χ0v) is 19.9. The minimum absolute atomic E-state index is 0.114. The van der Waals surface area contributed by atoms with Crippen LogP contribution in [-0.2, 0) is 16.1 Å². The van der Waals surface area contributed by atoms with Gasteiger partial charge in [0.2, 0.25) is 11.8 Å². The van der Waals surface area contributed by atoms with Gasteiger partial charge in [-0.3, -0.25) is 14.4 Å². The van der Waals surface area contributed by atoms with Crippen LogP contribution in [0.2, 0.25) is 0 Å². The first-order valence-corrected chi connectivity index (χ1v) is 12.0. The summed E-state index contributed by atoms with van der Waals surface area (Å²) in [7, 11) is 0. The molecular weight excluding hydrogens is 442 g/mol. The minimum atomic E-state index is -0.829. The Morgan fingerprint density at radius 1 is 0.971 bits per heavy atom. The van der Waals surface area contributed by atoms with E-state index in [4.69, 9.17) is 4.42 Å². The number of furan rings is 1. The highest BCUT2D eigenvalue weighted by molar-refractivity contribution is 5.95. The molecule has 1 fully saturated rings. The maximum Gasteiger partial charge on any atom is 0.287 e. The number of benzene rings is 2. The number of rotatable bonds is 9. The van der Waals surface area contributed by atoms with Gasteiger partial charge in [-0.1, -0.05) is 73.0 Å². The van der Waals surface area contributed by atoms with Crippen molar-refractivity contribution in [3.05, 3.63) is 95.4 Å². The molecule has 0 aliphatic heterocycles. The molecule has 0 spiro atoms. The molecule has 1 aliphatic carbocycles. The monoisotopic (exact) mass is 473 g/mol. The van der Waals surface area contributed by atoms with Gasteiger partial charge in [0.05, 0.1) is 12.8 Å². The van der Waals surface area contributed by atoms with Crippen molar-refractivity contribution in [2.24, 2.45) is 0 Å². The van der Waals surface area contributed by atoms with E-state index >= 15 is 0 Å². The smallest absolute Gasteiger partial charge is 0.287 e. The van der Waals surface area contributed by atoms with Crippen LogP contribution in [0.4, 0.5) is 0 Å². The van der Waals surface area contributed by atoms with Crippen LogP contribution in [0.1, 0.15) is 59.0 Å². The van der Waals surface area contributed by atoms with Crippen molar-refractivity contribution in [1.29, 1.82) is 0 Å².